The minimum atomic E-state index is -0.429. The molecule has 6 aromatic rings. The molecule has 1 amide bonds. The van der Waals surface area contributed by atoms with Crippen molar-refractivity contribution in [1.29, 1.82) is 0 Å². The number of thiophene rings is 1. The van der Waals surface area contributed by atoms with Crippen LogP contribution in [0.5, 0.6) is 0 Å². The van der Waals surface area contributed by atoms with E-state index in [0.29, 0.717) is 51.3 Å². The van der Waals surface area contributed by atoms with Crippen LogP contribution in [0.1, 0.15) is 20.3 Å². The summed E-state index contributed by atoms with van der Waals surface area (Å²) in [5.74, 6) is 0.220. The molecule has 0 aliphatic heterocycles. The van der Waals surface area contributed by atoms with Crippen LogP contribution in [0.25, 0.3) is 55.2 Å². The van der Waals surface area contributed by atoms with Crippen LogP contribution in [0.2, 0.25) is 0 Å². The quantitative estimate of drug-likeness (QED) is 0.239. The molecule has 0 radical (unpaired) electrons. The first-order chi connectivity index (χ1) is 18.0. The van der Waals surface area contributed by atoms with E-state index in [-0.39, 0.29) is 11.8 Å². The zero-order valence-electron chi connectivity index (χ0n) is 20.0. The molecule has 6 rings (SSSR count). The van der Waals surface area contributed by atoms with E-state index in [0.717, 1.165) is 16.0 Å². The Morgan fingerprint density at radius 3 is 2.86 bits per heavy atom. The van der Waals surface area contributed by atoms with Gasteiger partial charge in [0.2, 0.25) is 5.91 Å². The fraction of sp³-hybridized carbons (Fsp3) is 0.148. The summed E-state index contributed by atoms with van der Waals surface area (Å²) in [6, 6.07) is 10.8. The minimum absolute atomic E-state index is 0.109. The number of aromatic amines is 2. The normalized spacial score (nSPS) is 11.6. The topological polar surface area (TPSA) is 112 Å². The zero-order chi connectivity index (χ0) is 25.5. The second kappa shape index (κ2) is 9.21. The summed E-state index contributed by atoms with van der Waals surface area (Å²) in [7, 11) is 0. The van der Waals surface area contributed by atoms with Gasteiger partial charge in [-0.15, -0.1) is 11.3 Å². The van der Waals surface area contributed by atoms with Crippen LogP contribution in [-0.4, -0.2) is 36.0 Å². The predicted octanol–water partition coefficient (Wildman–Crippen LogP) is 6.42. The molecular weight excluding hydrogens is 489 g/mol. The largest absolute Gasteiger partial charge is 0.335 e. The molecule has 5 aromatic heterocycles. The Morgan fingerprint density at radius 1 is 1.16 bits per heavy atom. The van der Waals surface area contributed by atoms with Gasteiger partial charge in [0.1, 0.15) is 11.5 Å². The first-order valence-electron chi connectivity index (χ1n) is 11.8. The summed E-state index contributed by atoms with van der Waals surface area (Å²) in [6.45, 7) is 3.95. The lowest BCUT2D eigenvalue weighted by atomic mass is 10.0. The van der Waals surface area contributed by atoms with Gasteiger partial charge in [0.05, 0.1) is 22.9 Å². The molecule has 0 saturated carbocycles. The molecule has 0 unspecified atom stereocenters. The number of halogens is 1. The van der Waals surface area contributed by atoms with Gasteiger partial charge in [-0.1, -0.05) is 19.9 Å². The molecule has 5 heterocycles. The van der Waals surface area contributed by atoms with Gasteiger partial charge < -0.3 is 10.3 Å². The Morgan fingerprint density at radius 2 is 2.05 bits per heavy atom. The Bertz CT molecular complexity index is 1750. The number of amides is 1. The lowest BCUT2D eigenvalue weighted by Gasteiger charge is -2.09. The highest BCUT2D eigenvalue weighted by molar-refractivity contribution is 7.13. The number of hydrogen-bond acceptors (Lipinski definition) is 6. The van der Waals surface area contributed by atoms with E-state index in [1.54, 1.807) is 42.1 Å². The average Bonchev–Trinajstić information content (AvgIpc) is 3.62. The number of H-pyrrole nitrogens is 2. The van der Waals surface area contributed by atoms with Gasteiger partial charge in [-0.25, -0.2) is 14.4 Å². The number of imidazole rings is 1. The Labute approximate surface area is 215 Å². The summed E-state index contributed by atoms with van der Waals surface area (Å²) in [5, 5.41) is 12.9. The van der Waals surface area contributed by atoms with E-state index in [2.05, 4.69) is 35.5 Å². The number of hydrogen-bond donors (Lipinski definition) is 3. The molecule has 8 nitrogen and oxygen atoms in total. The first kappa shape index (κ1) is 23.0. The van der Waals surface area contributed by atoms with E-state index in [1.165, 1.54) is 6.07 Å². The lowest BCUT2D eigenvalue weighted by molar-refractivity contribution is -0.116. The van der Waals surface area contributed by atoms with E-state index < -0.39 is 5.82 Å². The molecule has 0 fully saturated rings. The fourth-order valence-corrected chi connectivity index (χ4v) is 5.10. The third-order valence-corrected chi connectivity index (χ3v) is 6.88. The van der Waals surface area contributed by atoms with E-state index in [9.17, 15) is 4.79 Å². The highest BCUT2D eigenvalue weighted by Gasteiger charge is 2.18. The number of carbonyl (C=O) groups excluding carboxylic acids is 1. The van der Waals surface area contributed by atoms with Crippen molar-refractivity contribution in [1.82, 2.24) is 30.1 Å². The van der Waals surface area contributed by atoms with Crippen molar-refractivity contribution in [3.05, 3.63) is 66.2 Å². The van der Waals surface area contributed by atoms with Crippen molar-refractivity contribution in [3.63, 3.8) is 0 Å². The number of nitrogens with one attached hydrogen (secondary N) is 3. The molecule has 184 valence electrons. The number of nitrogens with zero attached hydrogens (tertiary/aromatic N) is 4. The first-order valence-corrected chi connectivity index (χ1v) is 12.7. The van der Waals surface area contributed by atoms with Crippen molar-refractivity contribution >= 4 is 45.0 Å². The molecule has 3 N–H and O–H groups in total. The number of anilines is 1. The average molecular weight is 512 g/mol. The van der Waals surface area contributed by atoms with E-state index in [4.69, 9.17) is 0 Å². The fourth-order valence-electron chi connectivity index (χ4n) is 4.34. The molecule has 0 atom stereocenters. The Hall–Kier alpha value is -4.44. The van der Waals surface area contributed by atoms with Crippen LogP contribution in [0.15, 0.2) is 60.4 Å². The summed E-state index contributed by atoms with van der Waals surface area (Å²) >= 11 is 1.64. The lowest BCUT2D eigenvalue weighted by Crippen LogP contribution is -2.14. The number of carbonyl (C=O) groups is 1. The van der Waals surface area contributed by atoms with Crippen LogP contribution in [0, 0.1) is 11.7 Å². The molecule has 37 heavy (non-hydrogen) atoms. The Balaban J connectivity index is 1.41. The number of fused-ring (bicyclic) bond motifs is 2. The molecule has 0 bridgehead atoms. The second-order valence-electron chi connectivity index (χ2n) is 9.18. The van der Waals surface area contributed by atoms with Gasteiger partial charge >= 0.3 is 0 Å². The van der Waals surface area contributed by atoms with Gasteiger partial charge in [-0.3, -0.25) is 14.9 Å². The van der Waals surface area contributed by atoms with Gasteiger partial charge in [0, 0.05) is 51.8 Å². The van der Waals surface area contributed by atoms with Crippen LogP contribution in [0.4, 0.5) is 10.1 Å². The van der Waals surface area contributed by atoms with Crippen LogP contribution >= 0.6 is 11.3 Å². The summed E-state index contributed by atoms with van der Waals surface area (Å²) in [5.41, 5.74) is 4.89. The van der Waals surface area contributed by atoms with E-state index in [1.807, 2.05) is 37.4 Å². The molecule has 0 spiro atoms. The monoisotopic (exact) mass is 511 g/mol. The van der Waals surface area contributed by atoms with Crippen LogP contribution in [-0.2, 0) is 4.79 Å². The molecule has 1 aromatic carbocycles. The third-order valence-electron chi connectivity index (χ3n) is 5.98. The van der Waals surface area contributed by atoms with Gasteiger partial charge in [-0.05, 0) is 35.6 Å². The summed E-state index contributed by atoms with van der Waals surface area (Å²) < 4.78 is 15.2. The van der Waals surface area contributed by atoms with Crippen LogP contribution in [0.3, 0.4) is 0 Å². The summed E-state index contributed by atoms with van der Waals surface area (Å²) in [6.07, 6.45) is 5.25. The zero-order valence-corrected chi connectivity index (χ0v) is 20.9. The highest BCUT2D eigenvalue weighted by Crippen LogP contribution is 2.35. The number of aromatic nitrogens is 6. The Kier molecular flexibility index (Phi) is 5.72. The maximum atomic E-state index is 15.2. The van der Waals surface area contributed by atoms with Crippen molar-refractivity contribution < 1.29 is 9.18 Å². The van der Waals surface area contributed by atoms with Gasteiger partial charge in [0.25, 0.3) is 0 Å². The van der Waals surface area contributed by atoms with Crippen molar-refractivity contribution in [2.45, 2.75) is 20.3 Å². The molecule has 0 saturated heterocycles. The maximum Gasteiger partial charge on any atom is 0.224 e. The molecule has 0 aliphatic carbocycles. The number of pyridine rings is 2. The van der Waals surface area contributed by atoms with Crippen molar-refractivity contribution in [2.75, 3.05) is 5.32 Å². The number of benzene rings is 1. The summed E-state index contributed by atoms with van der Waals surface area (Å²) in [4.78, 5) is 30.0. The van der Waals surface area contributed by atoms with Gasteiger partial charge in [-0.2, -0.15) is 5.10 Å². The molecule has 0 aliphatic rings. The van der Waals surface area contributed by atoms with E-state index >= 15 is 4.39 Å². The predicted molar refractivity (Wildman–Crippen MR) is 144 cm³/mol. The van der Waals surface area contributed by atoms with Crippen LogP contribution < -0.4 is 5.32 Å². The molecule has 10 heteroatoms. The molecular formula is C27H22FN7OS. The SMILES string of the molecule is CC(C)CC(=O)Nc1cncc(-c2cc3c(-c4nc5nccc(-c6cccs6)c5[nH]4)n[nH]c3cc2F)c1. The standard InChI is InChI=1S/C27H22FN7OS/c1-14(2)8-23(36)31-16-9-15(12-29-13-16)18-10-19-21(11-20(18)28)34-35-25(19)27-32-24-17(22-4-3-7-37-22)5-6-30-26(24)33-27/h3-7,9-14H,8H2,1-2H3,(H,31,36)(H,34,35)(H,30,32,33). The second-order valence-corrected chi connectivity index (χ2v) is 10.1. The van der Waals surface area contributed by atoms with Crippen molar-refractivity contribution in [2.24, 2.45) is 5.92 Å². The smallest absolute Gasteiger partial charge is 0.224 e. The minimum Gasteiger partial charge on any atom is -0.335 e. The van der Waals surface area contributed by atoms with Gasteiger partial charge in [0.15, 0.2) is 11.5 Å². The highest BCUT2D eigenvalue weighted by atomic mass is 32.1. The number of rotatable bonds is 6. The maximum absolute atomic E-state index is 15.2. The van der Waals surface area contributed by atoms with Crippen molar-refractivity contribution in [3.8, 4) is 33.1 Å². The third kappa shape index (κ3) is 4.36.